The number of nitrogens with zero attached hydrogens (tertiary/aromatic N) is 1. The fraction of sp³-hybridized carbons (Fsp3) is 0.333. The summed E-state index contributed by atoms with van der Waals surface area (Å²) in [4.78, 5) is 12.6. The van der Waals surface area contributed by atoms with Crippen LogP contribution in [0.2, 0.25) is 5.02 Å². The first-order chi connectivity index (χ1) is 12.4. The lowest BCUT2D eigenvalue weighted by Gasteiger charge is -2.17. The Bertz CT molecular complexity index is 816. The predicted octanol–water partition coefficient (Wildman–Crippen LogP) is 2.95. The number of benzene rings is 1. The standard InChI is InChI=1S/C18H18ClNO6/c1-9-6-15-14(26-15)5-3-2-4-10(20-24)7-11-16(18(23)25-9)12(21)8-13(22)17(11)19/h2-5,8-9,14-15,21-22,24H,6-7H2,1H3/b4-2+,5-3-,20-10?. The van der Waals surface area contributed by atoms with Crippen molar-refractivity contribution < 1.29 is 29.7 Å². The van der Waals surface area contributed by atoms with Gasteiger partial charge in [-0.1, -0.05) is 35.0 Å². The van der Waals surface area contributed by atoms with Crippen LogP contribution >= 0.6 is 11.6 Å². The van der Waals surface area contributed by atoms with Crippen molar-refractivity contribution in [2.75, 3.05) is 0 Å². The smallest absolute Gasteiger partial charge is 0.342 e. The molecule has 0 aromatic heterocycles. The van der Waals surface area contributed by atoms with E-state index in [0.717, 1.165) is 6.07 Å². The maximum absolute atomic E-state index is 12.6. The highest BCUT2D eigenvalue weighted by Gasteiger charge is 2.38. The van der Waals surface area contributed by atoms with E-state index < -0.39 is 17.8 Å². The van der Waals surface area contributed by atoms with Crippen molar-refractivity contribution in [3.63, 3.8) is 0 Å². The molecule has 0 saturated carbocycles. The van der Waals surface area contributed by atoms with E-state index in [2.05, 4.69) is 5.16 Å². The molecular formula is C18H18ClNO6. The molecule has 3 N–H and O–H groups in total. The number of hydrogen-bond donors (Lipinski definition) is 3. The second kappa shape index (κ2) is 7.39. The third-order valence-electron chi connectivity index (χ3n) is 4.21. The first-order valence-corrected chi connectivity index (χ1v) is 8.44. The Morgan fingerprint density at radius 1 is 1.27 bits per heavy atom. The second-order valence-electron chi connectivity index (χ2n) is 6.19. The number of phenols is 2. The van der Waals surface area contributed by atoms with E-state index in [4.69, 9.17) is 21.1 Å². The van der Waals surface area contributed by atoms with Crippen LogP contribution in [0.3, 0.4) is 0 Å². The fourth-order valence-corrected chi connectivity index (χ4v) is 3.07. The Balaban J connectivity index is 2.05. The Kier molecular flexibility index (Phi) is 5.20. The maximum atomic E-state index is 12.6. The average Bonchev–Trinajstić information content (AvgIpc) is 3.31. The number of carbonyl (C=O) groups excluding carboxylic acids is 1. The summed E-state index contributed by atoms with van der Waals surface area (Å²) in [7, 11) is 0. The Morgan fingerprint density at radius 2 is 2.04 bits per heavy atom. The molecule has 1 fully saturated rings. The third-order valence-corrected chi connectivity index (χ3v) is 4.63. The summed E-state index contributed by atoms with van der Waals surface area (Å²) < 4.78 is 10.9. The zero-order valence-corrected chi connectivity index (χ0v) is 14.7. The van der Waals surface area contributed by atoms with Crippen molar-refractivity contribution >= 4 is 23.3 Å². The van der Waals surface area contributed by atoms with Gasteiger partial charge in [0, 0.05) is 18.9 Å². The van der Waals surface area contributed by atoms with Gasteiger partial charge in [0.1, 0.15) is 29.3 Å². The maximum Gasteiger partial charge on any atom is 0.342 e. The van der Waals surface area contributed by atoms with Gasteiger partial charge < -0.3 is 24.9 Å². The quantitative estimate of drug-likeness (QED) is 0.276. The lowest BCUT2D eigenvalue weighted by Crippen LogP contribution is -2.19. The number of cyclic esters (lactones) is 1. The molecule has 0 aliphatic carbocycles. The number of epoxide rings is 1. The monoisotopic (exact) mass is 379 g/mol. The summed E-state index contributed by atoms with van der Waals surface area (Å²) in [5.74, 6) is -1.63. The normalized spacial score (nSPS) is 29.8. The largest absolute Gasteiger partial charge is 0.507 e. The number of carbonyl (C=O) groups is 1. The van der Waals surface area contributed by atoms with Gasteiger partial charge in [0.25, 0.3) is 0 Å². The van der Waals surface area contributed by atoms with Crippen LogP contribution < -0.4 is 0 Å². The average molecular weight is 380 g/mol. The minimum absolute atomic E-state index is 0.0483. The van der Waals surface area contributed by atoms with Crippen molar-refractivity contribution in [2.45, 2.75) is 38.1 Å². The molecule has 1 saturated heterocycles. The number of phenolic OH excluding ortho intramolecular Hbond substituents is 2. The van der Waals surface area contributed by atoms with Gasteiger partial charge in [0.05, 0.1) is 16.8 Å². The highest BCUT2D eigenvalue weighted by Crippen LogP contribution is 2.37. The van der Waals surface area contributed by atoms with Crippen molar-refractivity contribution in [1.82, 2.24) is 0 Å². The highest BCUT2D eigenvalue weighted by molar-refractivity contribution is 6.33. The van der Waals surface area contributed by atoms with Gasteiger partial charge in [-0.05, 0) is 18.6 Å². The van der Waals surface area contributed by atoms with E-state index in [9.17, 15) is 20.2 Å². The number of aromatic hydroxyl groups is 2. The van der Waals surface area contributed by atoms with Crippen LogP contribution in [0.25, 0.3) is 0 Å². The molecule has 3 unspecified atom stereocenters. The SMILES string of the molecule is CC1CC2OC2/C=C\C=C\C(=NO)Cc2c(Cl)c(O)cc(O)c2C(=O)O1. The zero-order chi connectivity index (χ0) is 18.8. The molecule has 0 radical (unpaired) electrons. The molecule has 3 rings (SSSR count). The lowest BCUT2D eigenvalue weighted by molar-refractivity contribution is 0.0306. The summed E-state index contributed by atoms with van der Waals surface area (Å²) in [6, 6.07) is 0.977. The van der Waals surface area contributed by atoms with E-state index in [1.807, 2.05) is 6.08 Å². The van der Waals surface area contributed by atoms with Crippen LogP contribution in [-0.2, 0) is 15.9 Å². The molecule has 3 atom stereocenters. The first kappa shape index (κ1) is 18.3. The molecule has 138 valence electrons. The molecule has 7 nitrogen and oxygen atoms in total. The van der Waals surface area contributed by atoms with Gasteiger partial charge in [0.15, 0.2) is 0 Å². The molecule has 2 heterocycles. The van der Waals surface area contributed by atoms with Crippen molar-refractivity contribution in [1.29, 1.82) is 0 Å². The van der Waals surface area contributed by atoms with E-state index >= 15 is 0 Å². The minimum Gasteiger partial charge on any atom is -0.507 e. The van der Waals surface area contributed by atoms with Crippen LogP contribution in [0.5, 0.6) is 11.5 Å². The van der Waals surface area contributed by atoms with Crippen LogP contribution in [0.15, 0.2) is 35.5 Å². The number of hydrogen-bond acceptors (Lipinski definition) is 7. The number of halogens is 1. The first-order valence-electron chi connectivity index (χ1n) is 8.06. The summed E-state index contributed by atoms with van der Waals surface area (Å²) in [6.07, 6.45) is 6.68. The Morgan fingerprint density at radius 3 is 2.77 bits per heavy atom. The Hall–Kier alpha value is -2.51. The summed E-state index contributed by atoms with van der Waals surface area (Å²) in [5, 5.41) is 32.3. The molecule has 8 heteroatoms. The van der Waals surface area contributed by atoms with Crippen LogP contribution in [0.1, 0.15) is 29.3 Å². The third kappa shape index (κ3) is 3.84. The molecule has 1 aromatic rings. The molecule has 0 spiro atoms. The number of allylic oxidation sites excluding steroid dienone is 3. The molecular weight excluding hydrogens is 362 g/mol. The van der Waals surface area contributed by atoms with Gasteiger partial charge in [-0.2, -0.15) is 0 Å². The molecule has 2 aliphatic rings. The number of ether oxygens (including phenoxy) is 2. The van der Waals surface area contributed by atoms with Crippen LogP contribution in [0.4, 0.5) is 0 Å². The van der Waals surface area contributed by atoms with Gasteiger partial charge >= 0.3 is 5.97 Å². The fourth-order valence-electron chi connectivity index (χ4n) is 2.86. The van der Waals surface area contributed by atoms with Gasteiger partial charge in [-0.25, -0.2) is 4.79 Å². The summed E-state index contributed by atoms with van der Waals surface area (Å²) in [5.41, 5.74) is 0.115. The number of oxime groups is 1. The van der Waals surface area contributed by atoms with Crippen molar-refractivity contribution in [2.24, 2.45) is 5.16 Å². The van der Waals surface area contributed by atoms with Crippen LogP contribution in [-0.4, -0.2) is 45.4 Å². The predicted molar refractivity (Wildman–Crippen MR) is 94.1 cm³/mol. The number of rotatable bonds is 0. The van der Waals surface area contributed by atoms with E-state index in [1.165, 1.54) is 6.08 Å². The molecule has 2 aliphatic heterocycles. The van der Waals surface area contributed by atoms with Crippen molar-refractivity contribution in [3.8, 4) is 11.5 Å². The van der Waals surface area contributed by atoms with E-state index in [1.54, 1.807) is 19.1 Å². The molecule has 1 aromatic carbocycles. The number of esters is 1. The minimum atomic E-state index is -0.780. The Labute approximate surface area is 154 Å². The molecule has 0 bridgehead atoms. The lowest BCUT2D eigenvalue weighted by atomic mass is 9.99. The zero-order valence-electron chi connectivity index (χ0n) is 13.9. The summed E-state index contributed by atoms with van der Waals surface area (Å²) in [6.45, 7) is 1.73. The van der Waals surface area contributed by atoms with Crippen molar-refractivity contribution in [3.05, 3.63) is 46.5 Å². The molecule has 0 amide bonds. The number of fused-ring (bicyclic) bond motifs is 2. The topological polar surface area (TPSA) is 112 Å². The highest BCUT2D eigenvalue weighted by atomic mass is 35.5. The summed E-state index contributed by atoms with van der Waals surface area (Å²) >= 11 is 6.12. The van der Waals surface area contributed by atoms with Gasteiger partial charge in [-0.15, -0.1) is 0 Å². The second-order valence-corrected chi connectivity index (χ2v) is 6.56. The van der Waals surface area contributed by atoms with Gasteiger partial charge in [0.2, 0.25) is 0 Å². The van der Waals surface area contributed by atoms with Crippen LogP contribution in [0, 0.1) is 0 Å². The molecule has 26 heavy (non-hydrogen) atoms. The van der Waals surface area contributed by atoms with E-state index in [-0.39, 0.29) is 46.2 Å². The van der Waals surface area contributed by atoms with Gasteiger partial charge in [-0.3, -0.25) is 0 Å². The van der Waals surface area contributed by atoms with E-state index in [0.29, 0.717) is 6.42 Å².